The first-order valence-corrected chi connectivity index (χ1v) is 13.3. The van der Waals surface area contributed by atoms with Crippen LogP contribution >= 0.6 is 0 Å². The monoisotopic (exact) mass is 489 g/mol. The van der Waals surface area contributed by atoms with Crippen LogP contribution in [0.2, 0.25) is 0 Å². The molecule has 0 aliphatic carbocycles. The molecule has 2 amide bonds. The number of para-hydroxylation sites is 1. The normalized spacial score (nSPS) is 21.8. The largest absolute Gasteiger partial charge is 0.489 e. The minimum Gasteiger partial charge on any atom is -0.489 e. The second-order valence-corrected chi connectivity index (χ2v) is 9.80. The Morgan fingerprint density at radius 3 is 2.56 bits per heavy atom. The average Bonchev–Trinajstić information content (AvgIpc) is 2.89. The van der Waals surface area contributed by atoms with E-state index in [2.05, 4.69) is 35.3 Å². The van der Waals surface area contributed by atoms with Crippen molar-refractivity contribution in [3.8, 4) is 5.75 Å². The van der Waals surface area contributed by atoms with Gasteiger partial charge < -0.3 is 14.5 Å². The lowest BCUT2D eigenvalue weighted by Gasteiger charge is -2.38. The van der Waals surface area contributed by atoms with Gasteiger partial charge >= 0.3 is 0 Å². The molecule has 2 aromatic rings. The van der Waals surface area contributed by atoms with Crippen molar-refractivity contribution in [3.05, 3.63) is 77.9 Å². The van der Waals surface area contributed by atoms with E-state index in [1.54, 1.807) is 0 Å². The van der Waals surface area contributed by atoms with Crippen LogP contribution in [0.5, 0.6) is 5.75 Å². The molecule has 0 aromatic heterocycles. The number of hydrogen-bond donors (Lipinski definition) is 0. The number of piperidine rings is 1. The first-order chi connectivity index (χ1) is 17.6. The molecule has 4 rings (SSSR count). The number of rotatable bonds is 6. The summed E-state index contributed by atoms with van der Waals surface area (Å²) in [5, 5.41) is 0. The Morgan fingerprint density at radius 1 is 1.03 bits per heavy atom. The lowest BCUT2D eigenvalue weighted by Crippen LogP contribution is -2.48. The van der Waals surface area contributed by atoms with Gasteiger partial charge in [0.15, 0.2) is 0 Å². The molecule has 0 spiro atoms. The maximum atomic E-state index is 13.5. The molecule has 0 radical (unpaired) electrons. The number of carbonyl (C=O) groups is 2. The Balaban J connectivity index is 1.56. The van der Waals surface area contributed by atoms with Crippen molar-refractivity contribution >= 4 is 11.8 Å². The predicted octanol–water partition coefficient (Wildman–Crippen LogP) is 4.36. The van der Waals surface area contributed by atoms with Crippen LogP contribution in [0.25, 0.3) is 0 Å². The summed E-state index contributed by atoms with van der Waals surface area (Å²) < 4.78 is 6.17. The summed E-state index contributed by atoms with van der Waals surface area (Å²) >= 11 is 0. The fraction of sp³-hybridized carbons (Fsp3) is 0.467. The Labute approximate surface area is 215 Å². The third-order valence-electron chi connectivity index (χ3n) is 7.40. The van der Waals surface area contributed by atoms with Crippen LogP contribution in [0.3, 0.4) is 0 Å². The molecular weight excluding hydrogens is 450 g/mol. The van der Waals surface area contributed by atoms with Crippen LogP contribution in [0.15, 0.2) is 66.7 Å². The molecule has 1 saturated heterocycles. The molecular formula is C30H39N3O3. The van der Waals surface area contributed by atoms with Crippen LogP contribution in [0.4, 0.5) is 0 Å². The fourth-order valence-corrected chi connectivity index (χ4v) is 5.34. The number of hydrogen-bond acceptors (Lipinski definition) is 4. The van der Waals surface area contributed by atoms with Crippen LogP contribution in [0.1, 0.15) is 37.8 Å². The molecule has 1 fully saturated rings. The molecule has 2 heterocycles. The fourth-order valence-electron chi connectivity index (χ4n) is 5.34. The van der Waals surface area contributed by atoms with E-state index in [4.69, 9.17) is 4.74 Å². The van der Waals surface area contributed by atoms with Gasteiger partial charge in [0, 0.05) is 51.3 Å². The van der Waals surface area contributed by atoms with Crippen molar-refractivity contribution in [2.75, 3.05) is 39.3 Å². The molecule has 2 aliphatic rings. The van der Waals surface area contributed by atoms with Crippen molar-refractivity contribution in [2.45, 2.75) is 39.8 Å². The Kier molecular flexibility index (Phi) is 9.17. The highest BCUT2D eigenvalue weighted by Gasteiger charge is 2.32. The summed E-state index contributed by atoms with van der Waals surface area (Å²) in [7, 11) is 0. The zero-order valence-electron chi connectivity index (χ0n) is 21.6. The van der Waals surface area contributed by atoms with E-state index in [1.165, 1.54) is 5.56 Å². The smallest absolute Gasteiger partial charge is 0.236 e. The Hall–Kier alpha value is -3.12. The van der Waals surface area contributed by atoms with E-state index in [9.17, 15) is 9.59 Å². The second-order valence-electron chi connectivity index (χ2n) is 9.80. The highest BCUT2D eigenvalue weighted by Crippen LogP contribution is 2.29. The summed E-state index contributed by atoms with van der Waals surface area (Å²) in [6.07, 6.45) is 5.60. The maximum Gasteiger partial charge on any atom is 0.236 e. The molecule has 0 N–H and O–H groups in total. The summed E-state index contributed by atoms with van der Waals surface area (Å²) in [5.41, 5.74) is 2.26. The third kappa shape index (κ3) is 6.76. The van der Waals surface area contributed by atoms with Gasteiger partial charge in [-0.05, 0) is 43.7 Å². The van der Waals surface area contributed by atoms with Crippen LogP contribution in [-0.4, -0.2) is 65.8 Å². The van der Waals surface area contributed by atoms with E-state index < -0.39 is 0 Å². The molecule has 2 aromatic carbocycles. The highest BCUT2D eigenvalue weighted by molar-refractivity contribution is 5.79. The molecule has 6 nitrogen and oxygen atoms in total. The molecule has 2 atom stereocenters. The molecule has 2 aliphatic heterocycles. The third-order valence-corrected chi connectivity index (χ3v) is 7.40. The number of ether oxygens (including phenoxy) is 1. The lowest BCUT2D eigenvalue weighted by molar-refractivity contribution is -0.136. The van der Waals surface area contributed by atoms with Crippen molar-refractivity contribution in [3.63, 3.8) is 0 Å². The number of fused-ring (bicyclic) bond motifs is 3. The van der Waals surface area contributed by atoms with Gasteiger partial charge in [-0.25, -0.2) is 0 Å². The topological polar surface area (TPSA) is 53.1 Å². The van der Waals surface area contributed by atoms with Gasteiger partial charge in [0.25, 0.3) is 0 Å². The number of carbonyl (C=O) groups excluding carboxylic acids is 2. The SMILES string of the molecule is CCN(CC)C(=O)C[C@@H]1CCN2C[C@@H]1/C=C\COc1ccccc1CN(Cc1ccccc1)CC2=O. The van der Waals surface area contributed by atoms with Crippen molar-refractivity contribution in [2.24, 2.45) is 11.8 Å². The van der Waals surface area contributed by atoms with Crippen molar-refractivity contribution < 1.29 is 14.3 Å². The first-order valence-electron chi connectivity index (χ1n) is 13.3. The quantitative estimate of drug-likeness (QED) is 0.566. The van der Waals surface area contributed by atoms with Gasteiger partial charge in [-0.15, -0.1) is 0 Å². The zero-order valence-corrected chi connectivity index (χ0v) is 21.6. The summed E-state index contributed by atoms with van der Waals surface area (Å²) in [6.45, 7) is 9.02. The van der Waals surface area contributed by atoms with Gasteiger partial charge in [0.05, 0.1) is 6.54 Å². The van der Waals surface area contributed by atoms with Gasteiger partial charge in [0.2, 0.25) is 11.8 Å². The standard InChI is InChI=1S/C30H39N3O3/c1-3-32(4-2)29(34)19-25-16-17-33-22-26(25)14-10-18-36-28-15-9-8-13-27(28)21-31(23-30(33)35)20-24-11-6-5-7-12-24/h5-15,25-26H,3-4,16-23H2,1-2H3/b14-10-/t25-,26-/m0/s1. The van der Waals surface area contributed by atoms with Gasteiger partial charge in [0.1, 0.15) is 12.4 Å². The Bertz CT molecular complexity index is 1030. The molecule has 36 heavy (non-hydrogen) atoms. The summed E-state index contributed by atoms with van der Waals surface area (Å²) in [6, 6.07) is 18.4. The van der Waals surface area contributed by atoms with Crippen molar-refractivity contribution in [1.29, 1.82) is 0 Å². The average molecular weight is 490 g/mol. The predicted molar refractivity (Wildman–Crippen MR) is 142 cm³/mol. The van der Waals surface area contributed by atoms with E-state index in [0.29, 0.717) is 45.8 Å². The van der Waals surface area contributed by atoms with Crippen LogP contribution in [0, 0.1) is 11.8 Å². The molecule has 6 heteroatoms. The van der Waals surface area contributed by atoms with Crippen LogP contribution in [-0.2, 0) is 22.7 Å². The maximum absolute atomic E-state index is 13.5. The first kappa shape index (κ1) is 26.0. The number of amides is 2. The van der Waals surface area contributed by atoms with Gasteiger partial charge in [-0.1, -0.05) is 60.7 Å². The second kappa shape index (κ2) is 12.7. The van der Waals surface area contributed by atoms with Gasteiger partial charge in [-0.3, -0.25) is 14.5 Å². The molecule has 192 valence electrons. The van der Waals surface area contributed by atoms with Crippen molar-refractivity contribution in [1.82, 2.24) is 14.7 Å². The van der Waals surface area contributed by atoms with E-state index in [-0.39, 0.29) is 23.7 Å². The summed E-state index contributed by atoms with van der Waals surface area (Å²) in [5.74, 6) is 1.58. The van der Waals surface area contributed by atoms with E-state index in [0.717, 1.165) is 30.8 Å². The minimum atomic E-state index is 0.143. The van der Waals surface area contributed by atoms with Crippen LogP contribution < -0.4 is 4.74 Å². The molecule has 2 bridgehead atoms. The lowest BCUT2D eigenvalue weighted by atomic mass is 9.82. The molecule has 0 saturated carbocycles. The summed E-state index contributed by atoms with van der Waals surface area (Å²) in [4.78, 5) is 32.5. The van der Waals surface area contributed by atoms with E-state index >= 15 is 0 Å². The zero-order chi connectivity index (χ0) is 25.3. The number of benzene rings is 2. The van der Waals surface area contributed by atoms with E-state index in [1.807, 2.05) is 60.0 Å². The number of nitrogens with zero attached hydrogens (tertiary/aromatic N) is 3. The molecule has 0 unspecified atom stereocenters. The Morgan fingerprint density at radius 2 is 1.78 bits per heavy atom. The highest BCUT2D eigenvalue weighted by atomic mass is 16.5. The van der Waals surface area contributed by atoms with Gasteiger partial charge in [-0.2, -0.15) is 0 Å². The minimum absolute atomic E-state index is 0.143.